The summed E-state index contributed by atoms with van der Waals surface area (Å²) < 4.78 is 32.8. The molecular formula is C23H26F2N2O2. The lowest BCUT2D eigenvalue weighted by Crippen LogP contribution is -2.46. The van der Waals surface area contributed by atoms with Crippen LogP contribution in [0.4, 0.5) is 13.6 Å². The van der Waals surface area contributed by atoms with Gasteiger partial charge < -0.3 is 15.0 Å². The Morgan fingerprint density at radius 1 is 1.14 bits per heavy atom. The maximum absolute atomic E-state index is 13.4. The minimum Gasteiger partial charge on any atom is -0.457 e. The van der Waals surface area contributed by atoms with Crippen molar-refractivity contribution in [1.29, 1.82) is 0 Å². The van der Waals surface area contributed by atoms with Crippen LogP contribution in [0.3, 0.4) is 0 Å². The van der Waals surface area contributed by atoms with E-state index in [1.54, 1.807) is 12.1 Å². The first-order chi connectivity index (χ1) is 13.9. The van der Waals surface area contributed by atoms with Crippen molar-refractivity contribution in [2.75, 3.05) is 6.54 Å². The number of hydrogen-bond donors (Lipinski definition) is 1. The van der Waals surface area contributed by atoms with Gasteiger partial charge in [-0.25, -0.2) is 13.6 Å². The molecule has 1 fully saturated rings. The van der Waals surface area contributed by atoms with E-state index in [0.717, 1.165) is 30.9 Å². The number of nitrogens with zero attached hydrogens (tertiary/aromatic N) is 1. The van der Waals surface area contributed by atoms with Crippen molar-refractivity contribution in [3.05, 3.63) is 59.2 Å². The molecule has 29 heavy (non-hydrogen) atoms. The zero-order valence-corrected chi connectivity index (χ0v) is 16.6. The van der Waals surface area contributed by atoms with Crippen molar-refractivity contribution in [3.63, 3.8) is 0 Å². The largest absolute Gasteiger partial charge is 0.457 e. The summed E-state index contributed by atoms with van der Waals surface area (Å²) in [5.74, 6) is -1.63. The molecule has 1 heterocycles. The van der Waals surface area contributed by atoms with E-state index < -0.39 is 5.92 Å². The Morgan fingerprint density at radius 2 is 1.86 bits per heavy atom. The molecule has 0 bridgehead atoms. The summed E-state index contributed by atoms with van der Waals surface area (Å²) in [4.78, 5) is 14.4. The van der Waals surface area contributed by atoms with Crippen molar-refractivity contribution in [3.8, 4) is 11.5 Å². The van der Waals surface area contributed by atoms with Crippen LogP contribution in [0.15, 0.2) is 42.5 Å². The molecule has 1 saturated carbocycles. The minimum absolute atomic E-state index is 0.00459. The zero-order valence-electron chi connectivity index (χ0n) is 16.6. The molecule has 2 aliphatic rings. The smallest absolute Gasteiger partial charge is 0.317 e. The van der Waals surface area contributed by atoms with Crippen LogP contribution in [0.25, 0.3) is 0 Å². The minimum atomic E-state index is -2.87. The normalized spacial score (nSPS) is 17.1. The molecule has 0 saturated heterocycles. The van der Waals surface area contributed by atoms with Crippen LogP contribution in [-0.2, 0) is 18.9 Å². The van der Waals surface area contributed by atoms with E-state index in [4.69, 9.17) is 4.74 Å². The van der Waals surface area contributed by atoms with Crippen molar-refractivity contribution >= 4 is 6.03 Å². The number of rotatable bonds is 4. The first-order valence-electron chi connectivity index (χ1n) is 10.2. The average Bonchev–Trinajstić information content (AvgIpc) is 3.20. The molecule has 1 aliphatic heterocycles. The van der Waals surface area contributed by atoms with Crippen LogP contribution in [0.1, 0.15) is 49.3 Å². The van der Waals surface area contributed by atoms with Gasteiger partial charge >= 0.3 is 6.03 Å². The van der Waals surface area contributed by atoms with Gasteiger partial charge in [-0.2, -0.15) is 0 Å². The van der Waals surface area contributed by atoms with Gasteiger partial charge in [0.25, 0.3) is 5.92 Å². The Hall–Kier alpha value is -2.63. The highest BCUT2D eigenvalue weighted by Gasteiger charge is 2.26. The number of ether oxygens (including phenoxy) is 1. The first-order valence-corrected chi connectivity index (χ1v) is 10.2. The number of halogens is 2. The van der Waals surface area contributed by atoms with Gasteiger partial charge in [-0.3, -0.25) is 0 Å². The summed E-state index contributed by atoms with van der Waals surface area (Å²) in [6.45, 7) is 2.06. The first kappa shape index (κ1) is 19.7. The second-order valence-electron chi connectivity index (χ2n) is 8.01. The number of benzene rings is 2. The van der Waals surface area contributed by atoms with Gasteiger partial charge in [0, 0.05) is 37.2 Å². The van der Waals surface area contributed by atoms with E-state index in [9.17, 15) is 13.6 Å². The van der Waals surface area contributed by atoms with E-state index in [0.29, 0.717) is 37.1 Å². The Kier molecular flexibility index (Phi) is 5.43. The van der Waals surface area contributed by atoms with E-state index in [1.165, 1.54) is 25.0 Å². The third kappa shape index (κ3) is 4.52. The zero-order chi connectivity index (χ0) is 20.4. The molecule has 2 aromatic rings. The summed E-state index contributed by atoms with van der Waals surface area (Å²) in [6.07, 6.45) is 5.21. The summed E-state index contributed by atoms with van der Waals surface area (Å²) in [7, 11) is 0. The van der Waals surface area contributed by atoms with Gasteiger partial charge in [-0.1, -0.05) is 25.0 Å². The van der Waals surface area contributed by atoms with Gasteiger partial charge in [0.1, 0.15) is 11.5 Å². The summed E-state index contributed by atoms with van der Waals surface area (Å²) >= 11 is 0. The molecule has 2 amide bonds. The molecule has 1 N–H and O–H groups in total. The maximum Gasteiger partial charge on any atom is 0.317 e. The molecule has 1 aliphatic carbocycles. The molecular weight excluding hydrogens is 374 g/mol. The highest BCUT2D eigenvalue weighted by molar-refractivity contribution is 5.75. The summed E-state index contributed by atoms with van der Waals surface area (Å²) in [5.41, 5.74) is 2.10. The van der Waals surface area contributed by atoms with Crippen molar-refractivity contribution < 1.29 is 18.3 Å². The van der Waals surface area contributed by atoms with Gasteiger partial charge in [0.15, 0.2) is 0 Å². The fourth-order valence-electron chi connectivity index (χ4n) is 4.12. The van der Waals surface area contributed by atoms with Crippen molar-refractivity contribution in [2.24, 2.45) is 0 Å². The SMILES string of the molecule is CC(F)(F)c1ccc(Oc2cccc3c2CCN(C(=O)NC2CCCC2)C3)cc1. The second kappa shape index (κ2) is 8.01. The second-order valence-corrected chi connectivity index (χ2v) is 8.01. The molecule has 2 aromatic carbocycles. The Morgan fingerprint density at radius 3 is 2.55 bits per heavy atom. The number of fused-ring (bicyclic) bond motifs is 1. The molecule has 154 valence electrons. The van der Waals surface area contributed by atoms with Crippen LogP contribution in [0, 0.1) is 0 Å². The van der Waals surface area contributed by atoms with Crippen molar-refractivity contribution in [2.45, 2.75) is 57.5 Å². The standard InChI is InChI=1S/C23H26F2N2O2/c1-23(24,25)17-9-11-19(12-10-17)29-21-8-4-5-16-15-27(14-13-20(16)21)22(28)26-18-6-2-3-7-18/h4-5,8-12,18H,2-3,6-7,13-15H2,1H3,(H,26,28). The predicted octanol–water partition coefficient (Wildman–Crippen LogP) is 5.60. The number of alkyl halides is 2. The number of carbonyl (C=O) groups is 1. The number of hydrogen-bond acceptors (Lipinski definition) is 2. The number of nitrogens with one attached hydrogen (secondary N) is 1. The van der Waals surface area contributed by atoms with Gasteiger partial charge in [-0.05, 0) is 55.2 Å². The van der Waals surface area contributed by atoms with E-state index in [-0.39, 0.29) is 11.6 Å². The molecule has 0 unspecified atom stereocenters. The molecule has 0 aromatic heterocycles. The number of carbonyl (C=O) groups excluding carboxylic acids is 1. The van der Waals surface area contributed by atoms with E-state index in [1.807, 2.05) is 23.1 Å². The lowest BCUT2D eigenvalue weighted by molar-refractivity contribution is 0.0174. The molecule has 0 radical (unpaired) electrons. The Labute approximate surface area is 169 Å². The van der Waals surface area contributed by atoms with Crippen LogP contribution >= 0.6 is 0 Å². The molecule has 6 heteroatoms. The van der Waals surface area contributed by atoms with Crippen LogP contribution in [0.5, 0.6) is 11.5 Å². The Balaban J connectivity index is 1.45. The Bertz CT molecular complexity index is 871. The maximum atomic E-state index is 13.4. The van der Waals surface area contributed by atoms with Gasteiger partial charge in [-0.15, -0.1) is 0 Å². The van der Waals surface area contributed by atoms with Crippen molar-refractivity contribution in [1.82, 2.24) is 10.2 Å². The quantitative estimate of drug-likeness (QED) is 0.726. The lowest BCUT2D eigenvalue weighted by Gasteiger charge is -2.31. The fraction of sp³-hybridized carbons (Fsp3) is 0.435. The van der Waals surface area contributed by atoms with Gasteiger partial charge in [0.2, 0.25) is 0 Å². The predicted molar refractivity (Wildman–Crippen MR) is 107 cm³/mol. The van der Waals surface area contributed by atoms with E-state index in [2.05, 4.69) is 5.32 Å². The average molecular weight is 400 g/mol. The highest BCUT2D eigenvalue weighted by atomic mass is 19.3. The third-order valence-corrected chi connectivity index (χ3v) is 5.78. The van der Waals surface area contributed by atoms with Gasteiger partial charge in [0.05, 0.1) is 0 Å². The van der Waals surface area contributed by atoms with Crippen LogP contribution in [0.2, 0.25) is 0 Å². The molecule has 0 atom stereocenters. The van der Waals surface area contributed by atoms with Crippen LogP contribution in [-0.4, -0.2) is 23.5 Å². The van der Waals surface area contributed by atoms with E-state index >= 15 is 0 Å². The summed E-state index contributed by atoms with van der Waals surface area (Å²) in [6, 6.07) is 12.0. The fourth-order valence-corrected chi connectivity index (χ4v) is 4.12. The monoisotopic (exact) mass is 400 g/mol. The third-order valence-electron chi connectivity index (χ3n) is 5.78. The number of urea groups is 1. The summed E-state index contributed by atoms with van der Waals surface area (Å²) in [5, 5.41) is 3.15. The lowest BCUT2D eigenvalue weighted by atomic mass is 9.99. The topological polar surface area (TPSA) is 41.6 Å². The molecule has 0 spiro atoms. The highest BCUT2D eigenvalue weighted by Crippen LogP contribution is 2.33. The van der Waals surface area contributed by atoms with Crippen LogP contribution < -0.4 is 10.1 Å². The molecule has 4 nitrogen and oxygen atoms in total. The molecule has 4 rings (SSSR count). The number of amides is 2.